The molecule has 0 atom stereocenters. The van der Waals surface area contributed by atoms with E-state index in [0.29, 0.717) is 5.95 Å². The molecule has 0 saturated heterocycles. The van der Waals surface area contributed by atoms with Crippen molar-refractivity contribution in [3.05, 3.63) is 28.8 Å². The summed E-state index contributed by atoms with van der Waals surface area (Å²) in [5.74, 6) is 6.83. The molecule has 0 radical (unpaired) electrons. The second-order valence-corrected chi connectivity index (χ2v) is 5.09. The summed E-state index contributed by atoms with van der Waals surface area (Å²) in [6, 6.07) is 4.26. The highest BCUT2D eigenvalue weighted by atomic mass is 16.5. The van der Waals surface area contributed by atoms with Crippen molar-refractivity contribution in [2.45, 2.75) is 20.8 Å². The summed E-state index contributed by atoms with van der Waals surface area (Å²) < 4.78 is 5.82. The molecular formula is C14H20N6O. The van der Waals surface area contributed by atoms with Crippen LogP contribution in [-0.2, 0) is 0 Å². The van der Waals surface area contributed by atoms with Gasteiger partial charge in [-0.05, 0) is 43.5 Å². The van der Waals surface area contributed by atoms with E-state index in [-0.39, 0.29) is 12.0 Å². The lowest BCUT2D eigenvalue weighted by Gasteiger charge is -2.14. The number of hydrogen-bond donors (Lipinski definition) is 2. The number of hydrazine groups is 1. The third kappa shape index (κ3) is 3.38. The average Bonchev–Trinajstić information content (AvgIpc) is 2.43. The topological polar surface area (TPSA) is 89.2 Å². The van der Waals surface area contributed by atoms with Crippen LogP contribution in [-0.4, -0.2) is 29.0 Å². The molecule has 7 nitrogen and oxygen atoms in total. The molecule has 3 N–H and O–H groups in total. The van der Waals surface area contributed by atoms with Crippen LogP contribution in [0.15, 0.2) is 12.1 Å². The summed E-state index contributed by atoms with van der Waals surface area (Å²) in [5.41, 5.74) is 5.74. The van der Waals surface area contributed by atoms with Crippen molar-refractivity contribution in [2.75, 3.05) is 24.4 Å². The standard InChI is InChI=1S/C14H20N6O/c1-8-6-9(2)10(3)11(7-8)21-14-17-12(19-15)16-13(18-14)20(4)5/h6-7H,15H2,1-5H3,(H,16,17,18,19). The van der Waals surface area contributed by atoms with E-state index in [0.717, 1.165) is 22.4 Å². The van der Waals surface area contributed by atoms with Crippen LogP contribution < -0.4 is 20.9 Å². The van der Waals surface area contributed by atoms with Crippen molar-refractivity contribution < 1.29 is 4.74 Å². The summed E-state index contributed by atoms with van der Waals surface area (Å²) in [5, 5.41) is 0. The summed E-state index contributed by atoms with van der Waals surface area (Å²) in [7, 11) is 3.67. The zero-order valence-electron chi connectivity index (χ0n) is 12.9. The minimum absolute atomic E-state index is 0.203. The number of rotatable bonds is 4. The Morgan fingerprint density at radius 1 is 1.10 bits per heavy atom. The Morgan fingerprint density at radius 2 is 1.81 bits per heavy atom. The van der Waals surface area contributed by atoms with Gasteiger partial charge in [0.25, 0.3) is 0 Å². The molecule has 0 bridgehead atoms. The van der Waals surface area contributed by atoms with Crippen LogP contribution in [0, 0.1) is 20.8 Å². The minimum atomic E-state index is 0.203. The molecule has 0 unspecified atom stereocenters. The molecule has 2 rings (SSSR count). The monoisotopic (exact) mass is 288 g/mol. The molecule has 21 heavy (non-hydrogen) atoms. The Kier molecular flexibility index (Phi) is 4.23. The molecule has 0 saturated carbocycles. The van der Waals surface area contributed by atoms with Gasteiger partial charge in [-0.2, -0.15) is 15.0 Å². The van der Waals surface area contributed by atoms with Gasteiger partial charge in [0.2, 0.25) is 11.9 Å². The van der Waals surface area contributed by atoms with Gasteiger partial charge in [0.05, 0.1) is 0 Å². The Labute approximate surface area is 124 Å². The van der Waals surface area contributed by atoms with E-state index in [2.05, 4.69) is 26.4 Å². The van der Waals surface area contributed by atoms with Crippen LogP contribution in [0.3, 0.4) is 0 Å². The molecule has 0 spiro atoms. The number of hydrogen-bond acceptors (Lipinski definition) is 7. The molecule has 1 heterocycles. The lowest BCUT2D eigenvalue weighted by atomic mass is 10.1. The van der Waals surface area contributed by atoms with E-state index in [1.165, 1.54) is 0 Å². The van der Waals surface area contributed by atoms with Crippen molar-refractivity contribution in [1.82, 2.24) is 15.0 Å². The first kappa shape index (κ1) is 15.0. The molecule has 1 aromatic heterocycles. The van der Waals surface area contributed by atoms with E-state index >= 15 is 0 Å². The highest BCUT2D eigenvalue weighted by Gasteiger charge is 2.11. The number of anilines is 2. The zero-order chi connectivity index (χ0) is 15.6. The minimum Gasteiger partial charge on any atom is -0.424 e. The molecular weight excluding hydrogens is 268 g/mol. The lowest BCUT2D eigenvalue weighted by Crippen LogP contribution is -2.17. The van der Waals surface area contributed by atoms with Crippen LogP contribution in [0.5, 0.6) is 11.8 Å². The van der Waals surface area contributed by atoms with Crippen LogP contribution in [0.2, 0.25) is 0 Å². The lowest BCUT2D eigenvalue weighted by molar-refractivity contribution is 0.436. The van der Waals surface area contributed by atoms with Gasteiger partial charge in [0, 0.05) is 14.1 Å². The third-order valence-electron chi connectivity index (χ3n) is 3.10. The van der Waals surface area contributed by atoms with Gasteiger partial charge in [-0.25, -0.2) is 5.84 Å². The Balaban J connectivity index is 2.41. The predicted molar refractivity (Wildman–Crippen MR) is 82.7 cm³/mol. The summed E-state index contributed by atoms with van der Waals surface area (Å²) in [6.45, 7) is 6.06. The molecule has 0 aliphatic heterocycles. The van der Waals surface area contributed by atoms with Gasteiger partial charge in [-0.1, -0.05) is 6.07 Å². The van der Waals surface area contributed by atoms with Crippen molar-refractivity contribution in [2.24, 2.45) is 5.84 Å². The van der Waals surface area contributed by atoms with Crippen LogP contribution in [0.1, 0.15) is 16.7 Å². The number of nitrogens with one attached hydrogen (secondary N) is 1. The molecule has 0 amide bonds. The van der Waals surface area contributed by atoms with Gasteiger partial charge >= 0.3 is 6.01 Å². The maximum atomic E-state index is 5.82. The zero-order valence-corrected chi connectivity index (χ0v) is 12.9. The van der Waals surface area contributed by atoms with Crippen molar-refractivity contribution >= 4 is 11.9 Å². The second kappa shape index (κ2) is 5.92. The van der Waals surface area contributed by atoms with E-state index in [1.54, 1.807) is 4.90 Å². The number of ether oxygens (including phenoxy) is 1. The SMILES string of the molecule is Cc1cc(C)c(C)c(Oc2nc(NN)nc(N(C)C)n2)c1. The van der Waals surface area contributed by atoms with Crippen molar-refractivity contribution in [3.63, 3.8) is 0 Å². The molecule has 112 valence electrons. The van der Waals surface area contributed by atoms with Gasteiger partial charge in [0.1, 0.15) is 5.75 Å². The first-order valence-corrected chi connectivity index (χ1v) is 6.56. The molecule has 0 aliphatic rings. The van der Waals surface area contributed by atoms with Gasteiger partial charge in [-0.3, -0.25) is 5.43 Å². The average molecular weight is 288 g/mol. The first-order chi connectivity index (χ1) is 9.90. The first-order valence-electron chi connectivity index (χ1n) is 6.56. The second-order valence-electron chi connectivity index (χ2n) is 5.09. The summed E-state index contributed by atoms with van der Waals surface area (Å²) >= 11 is 0. The molecule has 0 fully saturated rings. The quantitative estimate of drug-likeness (QED) is 0.656. The van der Waals surface area contributed by atoms with E-state index in [9.17, 15) is 0 Å². The van der Waals surface area contributed by atoms with Crippen LogP contribution >= 0.6 is 0 Å². The van der Waals surface area contributed by atoms with Gasteiger partial charge in [-0.15, -0.1) is 0 Å². The number of benzene rings is 1. The molecule has 2 aromatic rings. The number of nitrogens with two attached hydrogens (primary N) is 1. The van der Waals surface area contributed by atoms with E-state index in [4.69, 9.17) is 10.6 Å². The highest BCUT2D eigenvalue weighted by Crippen LogP contribution is 2.27. The number of nitrogen functional groups attached to an aromatic ring is 1. The Bertz CT molecular complexity index is 656. The fourth-order valence-corrected chi connectivity index (χ4v) is 1.86. The third-order valence-corrected chi connectivity index (χ3v) is 3.10. The molecule has 7 heteroatoms. The smallest absolute Gasteiger partial charge is 0.328 e. The van der Waals surface area contributed by atoms with E-state index < -0.39 is 0 Å². The van der Waals surface area contributed by atoms with E-state index in [1.807, 2.05) is 40.9 Å². The van der Waals surface area contributed by atoms with Crippen LogP contribution in [0.25, 0.3) is 0 Å². The summed E-state index contributed by atoms with van der Waals surface area (Å²) in [6.07, 6.45) is 0. The van der Waals surface area contributed by atoms with Crippen LogP contribution in [0.4, 0.5) is 11.9 Å². The molecule has 1 aromatic carbocycles. The predicted octanol–water partition coefficient (Wildman–Crippen LogP) is 1.94. The number of aromatic nitrogens is 3. The fourth-order valence-electron chi connectivity index (χ4n) is 1.86. The number of nitrogens with zero attached hydrogens (tertiary/aromatic N) is 4. The van der Waals surface area contributed by atoms with Crippen molar-refractivity contribution in [3.8, 4) is 11.8 Å². The Hall–Kier alpha value is -2.41. The maximum absolute atomic E-state index is 5.82. The number of aryl methyl sites for hydroxylation is 2. The van der Waals surface area contributed by atoms with Gasteiger partial charge < -0.3 is 9.64 Å². The Morgan fingerprint density at radius 3 is 2.43 bits per heavy atom. The summed E-state index contributed by atoms with van der Waals surface area (Å²) in [4.78, 5) is 14.3. The highest BCUT2D eigenvalue weighted by molar-refractivity contribution is 5.44. The maximum Gasteiger partial charge on any atom is 0.328 e. The normalized spacial score (nSPS) is 10.4. The largest absolute Gasteiger partial charge is 0.424 e. The van der Waals surface area contributed by atoms with Gasteiger partial charge in [0.15, 0.2) is 0 Å². The van der Waals surface area contributed by atoms with Crippen molar-refractivity contribution in [1.29, 1.82) is 0 Å². The molecule has 0 aliphatic carbocycles. The fraction of sp³-hybridized carbons (Fsp3) is 0.357.